The molecule has 1 saturated heterocycles. The van der Waals surface area contributed by atoms with Gasteiger partial charge in [0.2, 0.25) is 15.9 Å². The lowest BCUT2D eigenvalue weighted by Crippen LogP contribution is -2.39. The number of nitrogens with two attached hydrogens (primary N) is 1. The zero-order chi connectivity index (χ0) is 21.9. The highest BCUT2D eigenvalue weighted by atomic mass is 32.2. The molecule has 1 aliphatic heterocycles. The van der Waals surface area contributed by atoms with Gasteiger partial charge in [0.05, 0.1) is 35.7 Å². The normalized spacial score (nSPS) is 16.7. The molecule has 0 radical (unpaired) electrons. The molecule has 1 heterocycles. The van der Waals surface area contributed by atoms with Gasteiger partial charge in [-0.15, -0.1) is 0 Å². The number of rotatable bonds is 7. The van der Waals surface area contributed by atoms with Crippen molar-refractivity contribution in [3.8, 4) is 0 Å². The number of esters is 1. The molecule has 0 aliphatic carbocycles. The molecule has 2 amide bonds. The fraction of sp³-hybridized carbons (Fsp3) is 0.250. The van der Waals surface area contributed by atoms with E-state index in [1.165, 1.54) is 43.5 Å². The number of methoxy groups -OCH3 is 1. The number of primary sulfonamides is 1. The van der Waals surface area contributed by atoms with Crippen LogP contribution in [0.25, 0.3) is 0 Å². The van der Waals surface area contributed by atoms with Gasteiger partial charge < -0.3 is 10.1 Å². The molecule has 1 aliphatic rings. The lowest BCUT2D eigenvalue weighted by Gasteiger charge is -2.16. The monoisotopic (exact) mass is 431 g/mol. The van der Waals surface area contributed by atoms with Gasteiger partial charge in [-0.05, 0) is 54.9 Å². The van der Waals surface area contributed by atoms with Crippen LogP contribution in [0.2, 0.25) is 0 Å². The van der Waals surface area contributed by atoms with E-state index in [9.17, 15) is 22.8 Å². The maximum absolute atomic E-state index is 12.7. The summed E-state index contributed by atoms with van der Waals surface area (Å²) in [4.78, 5) is 37.6. The van der Waals surface area contributed by atoms with E-state index >= 15 is 0 Å². The van der Waals surface area contributed by atoms with E-state index in [4.69, 9.17) is 5.14 Å². The van der Waals surface area contributed by atoms with Crippen LogP contribution in [0.3, 0.4) is 0 Å². The number of hydrogen-bond acceptors (Lipinski definition) is 7. The molecule has 0 saturated carbocycles. The number of carbonyl (C=O) groups excluding carboxylic acids is 3. The fourth-order valence-corrected chi connectivity index (χ4v) is 3.68. The number of ether oxygens (including phenoxy) is 1. The summed E-state index contributed by atoms with van der Waals surface area (Å²) in [6.07, 6.45) is 0.568. The zero-order valence-electron chi connectivity index (χ0n) is 16.2. The second-order valence-corrected chi connectivity index (χ2v) is 8.32. The van der Waals surface area contributed by atoms with E-state index in [2.05, 4.69) is 10.1 Å². The highest BCUT2D eigenvalue weighted by molar-refractivity contribution is 7.89. The highest BCUT2D eigenvalue weighted by Crippen LogP contribution is 2.23. The number of amides is 2. The predicted molar refractivity (Wildman–Crippen MR) is 108 cm³/mol. The van der Waals surface area contributed by atoms with Crippen LogP contribution in [0.5, 0.6) is 0 Å². The van der Waals surface area contributed by atoms with Crippen LogP contribution >= 0.6 is 0 Å². The molecule has 0 aromatic heterocycles. The average molecular weight is 431 g/mol. The molecule has 1 unspecified atom stereocenters. The minimum absolute atomic E-state index is 0.0297. The van der Waals surface area contributed by atoms with Gasteiger partial charge in [-0.2, -0.15) is 0 Å². The second kappa shape index (κ2) is 8.74. The van der Waals surface area contributed by atoms with E-state index in [0.717, 1.165) is 10.5 Å². The summed E-state index contributed by atoms with van der Waals surface area (Å²) in [7, 11) is -2.46. The van der Waals surface area contributed by atoms with Crippen molar-refractivity contribution in [2.24, 2.45) is 5.14 Å². The molecule has 0 spiro atoms. The van der Waals surface area contributed by atoms with Gasteiger partial charge >= 0.3 is 5.97 Å². The van der Waals surface area contributed by atoms with Crippen LogP contribution in [0, 0.1) is 0 Å². The lowest BCUT2D eigenvalue weighted by atomic mass is 10.1. The third-order valence-corrected chi connectivity index (χ3v) is 5.68. The quantitative estimate of drug-likeness (QED) is 0.483. The van der Waals surface area contributed by atoms with Gasteiger partial charge in [0.1, 0.15) is 0 Å². The molecular formula is C20H21N3O6S. The van der Waals surface area contributed by atoms with Crippen LogP contribution in [-0.2, 0) is 30.8 Å². The summed E-state index contributed by atoms with van der Waals surface area (Å²) in [6.45, 7) is 0.424. The van der Waals surface area contributed by atoms with Crippen molar-refractivity contribution in [1.29, 1.82) is 0 Å². The SMILES string of the molecule is COC(=O)c1ccc(N2C(=O)CC(NCCc3ccc(S(N)(=O)=O)cc3)C2=O)cc1. The minimum Gasteiger partial charge on any atom is -0.465 e. The summed E-state index contributed by atoms with van der Waals surface area (Å²) in [5.74, 6) is -1.20. The van der Waals surface area contributed by atoms with Gasteiger partial charge in [-0.3, -0.25) is 9.59 Å². The van der Waals surface area contributed by atoms with Crippen LogP contribution in [0.4, 0.5) is 5.69 Å². The Balaban J connectivity index is 1.59. The molecule has 0 bridgehead atoms. The summed E-state index contributed by atoms with van der Waals surface area (Å²) in [5.41, 5.74) is 1.57. The van der Waals surface area contributed by atoms with Crippen molar-refractivity contribution in [2.45, 2.75) is 23.8 Å². The molecule has 1 atom stereocenters. The minimum atomic E-state index is -3.74. The van der Waals surface area contributed by atoms with Crippen LogP contribution in [-0.4, -0.2) is 45.9 Å². The van der Waals surface area contributed by atoms with Crippen LogP contribution < -0.4 is 15.4 Å². The van der Waals surface area contributed by atoms with E-state index < -0.39 is 22.0 Å². The lowest BCUT2D eigenvalue weighted by molar-refractivity contribution is -0.121. The smallest absolute Gasteiger partial charge is 0.337 e. The number of carbonyl (C=O) groups is 3. The number of benzene rings is 2. The van der Waals surface area contributed by atoms with E-state index in [1.54, 1.807) is 12.1 Å². The first-order valence-electron chi connectivity index (χ1n) is 9.11. The van der Waals surface area contributed by atoms with Gasteiger partial charge in [-0.1, -0.05) is 12.1 Å². The summed E-state index contributed by atoms with van der Waals surface area (Å²) in [6, 6.07) is 11.5. The first-order chi connectivity index (χ1) is 14.2. The first-order valence-corrected chi connectivity index (χ1v) is 10.7. The van der Waals surface area contributed by atoms with E-state index in [-0.39, 0.29) is 23.1 Å². The molecule has 1 fully saturated rings. The number of sulfonamides is 1. The average Bonchev–Trinajstić information content (AvgIpc) is 3.00. The van der Waals surface area contributed by atoms with Crippen molar-refractivity contribution in [3.63, 3.8) is 0 Å². The van der Waals surface area contributed by atoms with Crippen LogP contribution in [0.1, 0.15) is 22.3 Å². The van der Waals surface area contributed by atoms with E-state index in [0.29, 0.717) is 24.2 Å². The van der Waals surface area contributed by atoms with Crippen molar-refractivity contribution < 1.29 is 27.5 Å². The Morgan fingerprint density at radius 2 is 1.77 bits per heavy atom. The molecule has 2 aromatic rings. The number of nitrogens with zero attached hydrogens (tertiary/aromatic N) is 1. The topological polar surface area (TPSA) is 136 Å². The van der Waals surface area contributed by atoms with Crippen molar-refractivity contribution in [2.75, 3.05) is 18.6 Å². The third-order valence-electron chi connectivity index (χ3n) is 4.75. The summed E-state index contributed by atoms with van der Waals surface area (Å²) in [5, 5.41) is 8.14. The fourth-order valence-electron chi connectivity index (χ4n) is 3.16. The standard InChI is InChI=1S/C20H21N3O6S/c1-29-20(26)14-4-6-15(7-5-14)23-18(24)12-17(19(23)25)22-11-10-13-2-8-16(9-3-13)30(21,27)28/h2-9,17,22H,10-12H2,1H3,(H2,21,27,28). The maximum Gasteiger partial charge on any atom is 0.337 e. The molecule has 10 heteroatoms. The van der Waals surface area contributed by atoms with Gasteiger partial charge in [0.15, 0.2) is 0 Å². The Labute approximate surface area is 173 Å². The molecule has 3 N–H and O–H groups in total. The largest absolute Gasteiger partial charge is 0.465 e. The maximum atomic E-state index is 12.7. The Morgan fingerprint density at radius 3 is 2.33 bits per heavy atom. The number of anilines is 1. The van der Waals surface area contributed by atoms with Gasteiger partial charge in [-0.25, -0.2) is 23.3 Å². The second-order valence-electron chi connectivity index (χ2n) is 6.76. The molecular weight excluding hydrogens is 410 g/mol. The highest BCUT2D eigenvalue weighted by Gasteiger charge is 2.39. The van der Waals surface area contributed by atoms with E-state index in [1.807, 2.05) is 0 Å². The van der Waals surface area contributed by atoms with Crippen molar-refractivity contribution >= 4 is 33.5 Å². The van der Waals surface area contributed by atoms with Crippen LogP contribution in [0.15, 0.2) is 53.4 Å². The van der Waals surface area contributed by atoms with Gasteiger partial charge in [0.25, 0.3) is 5.91 Å². The Hall–Kier alpha value is -3.08. The molecule has 158 valence electrons. The number of imide groups is 1. The summed E-state index contributed by atoms with van der Waals surface area (Å²) >= 11 is 0. The molecule has 30 heavy (non-hydrogen) atoms. The van der Waals surface area contributed by atoms with Crippen molar-refractivity contribution in [3.05, 3.63) is 59.7 Å². The summed E-state index contributed by atoms with van der Waals surface area (Å²) < 4.78 is 27.2. The number of hydrogen-bond donors (Lipinski definition) is 2. The Bertz CT molecular complexity index is 1060. The Kier molecular flexibility index (Phi) is 6.30. The van der Waals surface area contributed by atoms with Crippen molar-refractivity contribution in [1.82, 2.24) is 5.32 Å². The third kappa shape index (κ3) is 4.73. The first kappa shape index (κ1) is 21.6. The zero-order valence-corrected chi connectivity index (χ0v) is 17.0. The number of nitrogens with one attached hydrogen (secondary N) is 1. The van der Waals surface area contributed by atoms with Gasteiger partial charge in [0, 0.05) is 0 Å². The molecule has 9 nitrogen and oxygen atoms in total. The molecule has 3 rings (SSSR count). The molecule has 2 aromatic carbocycles. The Morgan fingerprint density at radius 1 is 1.13 bits per heavy atom. The predicted octanol–water partition coefficient (Wildman–Crippen LogP) is 0.585.